The quantitative estimate of drug-likeness (QED) is 0.880. The number of halogens is 2. The molecule has 130 valence electrons. The van der Waals surface area contributed by atoms with E-state index in [-0.39, 0.29) is 38.3 Å². The lowest BCUT2D eigenvalue weighted by atomic mass is 9.74. The number of hydrogen-bond acceptors (Lipinski definition) is 3. The normalized spacial score (nSPS) is 23.9. The fourth-order valence-electron chi connectivity index (χ4n) is 3.25. The third-order valence-corrected chi connectivity index (χ3v) is 4.91. The van der Waals surface area contributed by atoms with Crippen molar-refractivity contribution in [3.63, 3.8) is 0 Å². The monoisotopic (exact) mass is 338 g/mol. The maximum Gasteiger partial charge on any atom is 0.352 e. The molecule has 2 aliphatic rings. The number of benzene rings is 1. The van der Waals surface area contributed by atoms with Crippen LogP contribution in [0.5, 0.6) is 0 Å². The molecule has 24 heavy (non-hydrogen) atoms. The zero-order chi connectivity index (χ0) is 17.4. The Morgan fingerprint density at radius 1 is 1.29 bits per heavy atom. The second kappa shape index (κ2) is 6.12. The zero-order valence-electron chi connectivity index (χ0n) is 13.2. The highest BCUT2D eigenvalue weighted by atomic mass is 19.3. The van der Waals surface area contributed by atoms with E-state index in [0.717, 1.165) is 4.90 Å². The number of carbonyl (C=O) groups is 2. The Kier molecular flexibility index (Phi) is 4.29. The fraction of sp³-hybridized carbons (Fsp3) is 0.529. The maximum absolute atomic E-state index is 14.6. The van der Waals surface area contributed by atoms with Crippen molar-refractivity contribution in [1.82, 2.24) is 10.2 Å². The highest BCUT2D eigenvalue weighted by Gasteiger charge is 2.62. The van der Waals surface area contributed by atoms with Gasteiger partial charge in [0.1, 0.15) is 5.60 Å². The van der Waals surface area contributed by atoms with Crippen LogP contribution >= 0.6 is 0 Å². The summed E-state index contributed by atoms with van der Waals surface area (Å²) in [5.74, 6) is -5.55. The van der Waals surface area contributed by atoms with Gasteiger partial charge < -0.3 is 15.3 Å². The molecule has 1 saturated carbocycles. The van der Waals surface area contributed by atoms with Gasteiger partial charge in [-0.1, -0.05) is 30.3 Å². The van der Waals surface area contributed by atoms with Gasteiger partial charge in [-0.25, -0.2) is 0 Å². The van der Waals surface area contributed by atoms with E-state index in [0.29, 0.717) is 12.0 Å². The van der Waals surface area contributed by atoms with Crippen molar-refractivity contribution in [2.75, 3.05) is 13.1 Å². The van der Waals surface area contributed by atoms with E-state index < -0.39 is 23.5 Å². The van der Waals surface area contributed by atoms with Gasteiger partial charge in [-0.15, -0.1) is 0 Å². The van der Waals surface area contributed by atoms with E-state index in [4.69, 9.17) is 0 Å². The molecule has 2 amide bonds. The SMILES string of the molecule is O=C1CC(c2ccccc2)N(C(=O)C(F)(F)C2(O)CCC2)CCN1. The largest absolute Gasteiger partial charge is 0.383 e. The highest BCUT2D eigenvalue weighted by molar-refractivity contribution is 5.87. The lowest BCUT2D eigenvalue weighted by Gasteiger charge is -2.44. The predicted octanol–water partition coefficient (Wildman–Crippen LogP) is 1.63. The number of hydrogen-bond donors (Lipinski definition) is 2. The van der Waals surface area contributed by atoms with E-state index in [1.807, 2.05) is 0 Å². The summed E-state index contributed by atoms with van der Waals surface area (Å²) in [6, 6.07) is 7.89. The van der Waals surface area contributed by atoms with Gasteiger partial charge in [0.2, 0.25) is 5.91 Å². The number of rotatable bonds is 3. The number of nitrogens with one attached hydrogen (secondary N) is 1. The Labute approximate surface area is 138 Å². The number of aliphatic hydroxyl groups is 1. The van der Waals surface area contributed by atoms with E-state index >= 15 is 0 Å². The Hall–Kier alpha value is -2.02. The number of amides is 2. The minimum Gasteiger partial charge on any atom is -0.383 e. The maximum atomic E-state index is 14.6. The molecule has 5 nitrogen and oxygen atoms in total. The van der Waals surface area contributed by atoms with Crippen LogP contribution in [-0.2, 0) is 9.59 Å². The predicted molar refractivity (Wildman–Crippen MR) is 82.3 cm³/mol. The van der Waals surface area contributed by atoms with Gasteiger partial charge in [0.15, 0.2) is 0 Å². The molecule has 2 N–H and O–H groups in total. The van der Waals surface area contributed by atoms with Crippen molar-refractivity contribution in [1.29, 1.82) is 0 Å². The van der Waals surface area contributed by atoms with Crippen LogP contribution in [0.2, 0.25) is 0 Å². The third kappa shape index (κ3) is 2.77. The van der Waals surface area contributed by atoms with Crippen molar-refractivity contribution in [2.45, 2.75) is 43.2 Å². The van der Waals surface area contributed by atoms with Crippen LogP contribution < -0.4 is 5.32 Å². The smallest absolute Gasteiger partial charge is 0.352 e. The van der Waals surface area contributed by atoms with Gasteiger partial charge in [0.05, 0.1) is 12.5 Å². The van der Waals surface area contributed by atoms with Crippen LogP contribution in [0.3, 0.4) is 0 Å². The molecule has 1 heterocycles. The van der Waals surface area contributed by atoms with E-state index in [9.17, 15) is 23.5 Å². The third-order valence-electron chi connectivity index (χ3n) is 4.91. The number of alkyl halides is 2. The molecule has 1 aromatic carbocycles. The van der Waals surface area contributed by atoms with Crippen molar-refractivity contribution in [3.8, 4) is 0 Å². The summed E-state index contributed by atoms with van der Waals surface area (Å²) in [4.78, 5) is 25.5. The van der Waals surface area contributed by atoms with E-state index in [1.54, 1.807) is 30.3 Å². The van der Waals surface area contributed by atoms with Crippen molar-refractivity contribution in [3.05, 3.63) is 35.9 Å². The van der Waals surface area contributed by atoms with Gasteiger partial charge >= 0.3 is 5.92 Å². The van der Waals surface area contributed by atoms with Gasteiger partial charge in [-0.2, -0.15) is 8.78 Å². The molecule has 1 aliphatic heterocycles. The molecule has 1 aliphatic carbocycles. The molecule has 2 fully saturated rings. The van der Waals surface area contributed by atoms with Crippen molar-refractivity contribution < 1.29 is 23.5 Å². The molecule has 0 bridgehead atoms. The fourth-order valence-corrected chi connectivity index (χ4v) is 3.25. The molecular formula is C17H20F2N2O3. The van der Waals surface area contributed by atoms with Crippen LogP contribution in [0.1, 0.15) is 37.3 Å². The minimum atomic E-state index is -3.86. The summed E-state index contributed by atoms with van der Waals surface area (Å²) in [5.41, 5.74) is -1.64. The first-order chi connectivity index (χ1) is 11.3. The minimum absolute atomic E-state index is 0.0181. The first kappa shape index (κ1) is 16.8. The molecule has 0 radical (unpaired) electrons. The molecule has 1 atom stereocenters. The molecule has 1 saturated heterocycles. The Bertz CT molecular complexity index is 632. The summed E-state index contributed by atoms with van der Waals surface area (Å²) in [5, 5.41) is 12.6. The van der Waals surface area contributed by atoms with Gasteiger partial charge in [-0.05, 0) is 24.8 Å². The van der Waals surface area contributed by atoms with Crippen LogP contribution in [-0.4, -0.2) is 46.4 Å². The molecule has 3 rings (SSSR count). The molecular weight excluding hydrogens is 318 g/mol. The van der Waals surface area contributed by atoms with Crippen LogP contribution in [0.4, 0.5) is 8.78 Å². The van der Waals surface area contributed by atoms with Crippen LogP contribution in [0.15, 0.2) is 30.3 Å². The molecule has 7 heteroatoms. The lowest BCUT2D eigenvalue weighted by molar-refractivity contribution is -0.224. The van der Waals surface area contributed by atoms with Crippen LogP contribution in [0.25, 0.3) is 0 Å². The highest BCUT2D eigenvalue weighted by Crippen LogP contribution is 2.46. The summed E-state index contributed by atoms with van der Waals surface area (Å²) in [6.07, 6.45) is 0.214. The molecule has 0 spiro atoms. The second-order valence-electron chi connectivity index (χ2n) is 6.44. The average molecular weight is 338 g/mol. The first-order valence-corrected chi connectivity index (χ1v) is 8.08. The summed E-state index contributed by atoms with van der Waals surface area (Å²) < 4.78 is 29.2. The van der Waals surface area contributed by atoms with Crippen molar-refractivity contribution >= 4 is 11.8 Å². The van der Waals surface area contributed by atoms with E-state index in [1.165, 1.54) is 0 Å². The summed E-state index contributed by atoms with van der Waals surface area (Å²) in [6.45, 7) is 0.0955. The molecule has 1 aromatic rings. The zero-order valence-corrected chi connectivity index (χ0v) is 13.2. The first-order valence-electron chi connectivity index (χ1n) is 8.08. The molecule has 0 aromatic heterocycles. The van der Waals surface area contributed by atoms with Gasteiger partial charge in [-0.3, -0.25) is 9.59 Å². The molecule has 1 unspecified atom stereocenters. The Morgan fingerprint density at radius 2 is 1.96 bits per heavy atom. The number of carbonyl (C=O) groups excluding carboxylic acids is 2. The standard InChI is InChI=1S/C17H20F2N2O3/c18-17(19,16(24)7-4-8-16)15(23)21-10-9-20-14(22)11-13(21)12-5-2-1-3-6-12/h1-3,5-6,13,24H,4,7-11H2,(H,20,22). The van der Waals surface area contributed by atoms with Crippen molar-refractivity contribution in [2.24, 2.45) is 0 Å². The lowest BCUT2D eigenvalue weighted by Crippen LogP contribution is -2.61. The topological polar surface area (TPSA) is 69.6 Å². The Balaban J connectivity index is 1.93. The summed E-state index contributed by atoms with van der Waals surface area (Å²) >= 11 is 0. The van der Waals surface area contributed by atoms with E-state index in [2.05, 4.69) is 5.32 Å². The van der Waals surface area contributed by atoms with Gasteiger partial charge in [0, 0.05) is 13.1 Å². The second-order valence-corrected chi connectivity index (χ2v) is 6.44. The van der Waals surface area contributed by atoms with Crippen LogP contribution in [0, 0.1) is 0 Å². The number of nitrogens with zero attached hydrogens (tertiary/aromatic N) is 1. The summed E-state index contributed by atoms with van der Waals surface area (Å²) in [7, 11) is 0. The Morgan fingerprint density at radius 3 is 2.54 bits per heavy atom. The average Bonchev–Trinajstić information content (AvgIpc) is 2.74. The van der Waals surface area contributed by atoms with Gasteiger partial charge in [0.25, 0.3) is 5.91 Å².